The van der Waals surface area contributed by atoms with Crippen molar-refractivity contribution in [3.05, 3.63) is 35.9 Å². The van der Waals surface area contributed by atoms with Crippen molar-refractivity contribution < 1.29 is 0 Å². The molecule has 0 saturated heterocycles. The maximum Gasteiger partial charge on any atom is 0.0210 e. The molecule has 0 bridgehead atoms. The van der Waals surface area contributed by atoms with Crippen molar-refractivity contribution in [3.63, 3.8) is 0 Å². The minimum Gasteiger partial charge on any atom is -0.271 e. The van der Waals surface area contributed by atoms with Crippen molar-refractivity contribution in [2.24, 2.45) is 5.84 Å². The van der Waals surface area contributed by atoms with Gasteiger partial charge in [-0.05, 0) is 31.2 Å². The van der Waals surface area contributed by atoms with E-state index in [1.54, 1.807) is 0 Å². The van der Waals surface area contributed by atoms with Crippen LogP contribution in [0.15, 0.2) is 30.3 Å². The molecule has 0 aliphatic carbocycles. The molecule has 0 aliphatic rings. The Hall–Kier alpha value is -0.860. The van der Waals surface area contributed by atoms with E-state index in [1.807, 2.05) is 0 Å². The van der Waals surface area contributed by atoms with Crippen molar-refractivity contribution in [1.82, 2.24) is 5.43 Å². The molecular formula is C15H26N2. The van der Waals surface area contributed by atoms with Gasteiger partial charge in [-0.2, -0.15) is 0 Å². The van der Waals surface area contributed by atoms with Crippen LogP contribution in [0.2, 0.25) is 0 Å². The van der Waals surface area contributed by atoms with Crippen LogP contribution in [0.3, 0.4) is 0 Å². The fourth-order valence-corrected chi connectivity index (χ4v) is 2.15. The first-order valence-electron chi connectivity index (χ1n) is 6.87. The van der Waals surface area contributed by atoms with Crippen LogP contribution in [0, 0.1) is 0 Å². The third-order valence-electron chi connectivity index (χ3n) is 3.25. The molecule has 0 aromatic heterocycles. The number of hydrogen-bond acceptors (Lipinski definition) is 2. The fraction of sp³-hybridized carbons (Fsp3) is 0.600. The zero-order chi connectivity index (χ0) is 12.3. The summed E-state index contributed by atoms with van der Waals surface area (Å²) in [5.74, 6) is 5.58. The zero-order valence-electron chi connectivity index (χ0n) is 11.0. The molecule has 3 N–H and O–H groups in total. The largest absolute Gasteiger partial charge is 0.271 e. The van der Waals surface area contributed by atoms with Gasteiger partial charge in [0, 0.05) is 6.04 Å². The maximum absolute atomic E-state index is 5.58. The molecule has 1 unspecified atom stereocenters. The van der Waals surface area contributed by atoms with E-state index in [1.165, 1.54) is 44.1 Å². The molecule has 1 aromatic carbocycles. The average Bonchev–Trinajstić information content (AvgIpc) is 2.38. The van der Waals surface area contributed by atoms with Gasteiger partial charge in [-0.25, -0.2) is 0 Å². The van der Waals surface area contributed by atoms with Gasteiger partial charge >= 0.3 is 0 Å². The Morgan fingerprint density at radius 3 is 2.41 bits per heavy atom. The van der Waals surface area contributed by atoms with Gasteiger partial charge in [-0.15, -0.1) is 0 Å². The SMILES string of the molecule is CCCCCC(CCCc1ccccc1)NN. The number of unbranched alkanes of at least 4 members (excludes halogenated alkanes) is 2. The second kappa shape index (κ2) is 9.20. The number of hydrazine groups is 1. The Morgan fingerprint density at radius 2 is 1.76 bits per heavy atom. The number of hydrogen-bond donors (Lipinski definition) is 2. The van der Waals surface area contributed by atoms with Gasteiger partial charge in [0.1, 0.15) is 0 Å². The molecule has 0 spiro atoms. The predicted molar refractivity (Wildman–Crippen MR) is 74.6 cm³/mol. The first-order valence-corrected chi connectivity index (χ1v) is 6.87. The molecule has 17 heavy (non-hydrogen) atoms. The molecule has 0 radical (unpaired) electrons. The van der Waals surface area contributed by atoms with Crippen LogP contribution in [-0.2, 0) is 6.42 Å². The van der Waals surface area contributed by atoms with Gasteiger partial charge in [0.2, 0.25) is 0 Å². The van der Waals surface area contributed by atoms with Gasteiger partial charge in [0.15, 0.2) is 0 Å². The van der Waals surface area contributed by atoms with Crippen LogP contribution < -0.4 is 11.3 Å². The summed E-state index contributed by atoms with van der Waals surface area (Å²) >= 11 is 0. The minimum absolute atomic E-state index is 0.491. The van der Waals surface area contributed by atoms with E-state index < -0.39 is 0 Å². The highest BCUT2D eigenvalue weighted by molar-refractivity contribution is 5.14. The third-order valence-corrected chi connectivity index (χ3v) is 3.25. The number of nitrogens with one attached hydrogen (secondary N) is 1. The number of nitrogens with two attached hydrogens (primary N) is 1. The second-order valence-corrected chi connectivity index (χ2v) is 4.74. The van der Waals surface area contributed by atoms with Crippen molar-refractivity contribution >= 4 is 0 Å². The summed E-state index contributed by atoms with van der Waals surface area (Å²) in [7, 11) is 0. The predicted octanol–water partition coefficient (Wildman–Crippen LogP) is 3.42. The van der Waals surface area contributed by atoms with Crippen LogP contribution in [0.4, 0.5) is 0 Å². The Kier molecular flexibility index (Phi) is 7.69. The summed E-state index contributed by atoms with van der Waals surface area (Å²) in [6.45, 7) is 2.24. The van der Waals surface area contributed by atoms with Gasteiger partial charge in [-0.1, -0.05) is 56.5 Å². The molecule has 2 nitrogen and oxygen atoms in total. The lowest BCUT2D eigenvalue weighted by atomic mass is 10.0. The van der Waals surface area contributed by atoms with E-state index in [0.29, 0.717) is 6.04 Å². The summed E-state index contributed by atoms with van der Waals surface area (Å²) in [4.78, 5) is 0. The molecule has 1 rings (SSSR count). The standard InChI is InChI=1S/C15H26N2/c1-2-3-5-12-15(17-16)13-8-11-14-9-6-4-7-10-14/h4,6-7,9-10,15,17H,2-3,5,8,11-13,16H2,1H3. The molecule has 0 heterocycles. The summed E-state index contributed by atoms with van der Waals surface area (Å²) < 4.78 is 0. The quantitative estimate of drug-likeness (QED) is 0.390. The molecule has 2 heteroatoms. The monoisotopic (exact) mass is 234 g/mol. The molecular weight excluding hydrogens is 208 g/mol. The highest BCUT2D eigenvalue weighted by atomic mass is 15.2. The smallest absolute Gasteiger partial charge is 0.0210 e. The number of benzene rings is 1. The summed E-state index contributed by atoms with van der Waals surface area (Å²) in [5.41, 5.74) is 4.37. The molecule has 1 atom stereocenters. The van der Waals surface area contributed by atoms with Gasteiger partial charge < -0.3 is 0 Å². The number of rotatable bonds is 9. The second-order valence-electron chi connectivity index (χ2n) is 4.74. The topological polar surface area (TPSA) is 38.0 Å². The lowest BCUT2D eigenvalue weighted by Gasteiger charge is -2.15. The molecule has 0 amide bonds. The average molecular weight is 234 g/mol. The molecule has 0 fully saturated rings. The molecule has 96 valence electrons. The normalized spacial score (nSPS) is 12.6. The van der Waals surface area contributed by atoms with E-state index >= 15 is 0 Å². The fourth-order valence-electron chi connectivity index (χ4n) is 2.15. The van der Waals surface area contributed by atoms with Gasteiger partial charge in [-0.3, -0.25) is 11.3 Å². The van der Waals surface area contributed by atoms with Crippen LogP contribution in [0.1, 0.15) is 51.0 Å². The van der Waals surface area contributed by atoms with E-state index in [-0.39, 0.29) is 0 Å². The third kappa shape index (κ3) is 6.44. The minimum atomic E-state index is 0.491. The van der Waals surface area contributed by atoms with E-state index in [4.69, 9.17) is 5.84 Å². The lowest BCUT2D eigenvalue weighted by Crippen LogP contribution is -2.35. The Morgan fingerprint density at radius 1 is 1.06 bits per heavy atom. The van der Waals surface area contributed by atoms with E-state index in [2.05, 4.69) is 42.7 Å². The number of aryl methyl sites for hydroxylation is 1. The van der Waals surface area contributed by atoms with Gasteiger partial charge in [0.05, 0.1) is 0 Å². The Balaban J connectivity index is 2.15. The van der Waals surface area contributed by atoms with Crippen molar-refractivity contribution in [3.8, 4) is 0 Å². The van der Waals surface area contributed by atoms with Crippen LogP contribution in [0.5, 0.6) is 0 Å². The Bertz CT molecular complexity index is 272. The first-order chi connectivity index (χ1) is 8.36. The van der Waals surface area contributed by atoms with Crippen molar-refractivity contribution in [1.29, 1.82) is 0 Å². The van der Waals surface area contributed by atoms with Gasteiger partial charge in [0.25, 0.3) is 0 Å². The Labute approximate surface area is 106 Å². The van der Waals surface area contributed by atoms with Crippen molar-refractivity contribution in [2.45, 2.75) is 57.9 Å². The molecule has 0 aliphatic heterocycles. The summed E-state index contributed by atoms with van der Waals surface area (Å²) in [6, 6.07) is 11.2. The van der Waals surface area contributed by atoms with Crippen molar-refractivity contribution in [2.75, 3.05) is 0 Å². The maximum atomic E-state index is 5.58. The highest BCUT2D eigenvalue weighted by Crippen LogP contribution is 2.11. The highest BCUT2D eigenvalue weighted by Gasteiger charge is 2.05. The summed E-state index contributed by atoms with van der Waals surface area (Å²) in [5, 5.41) is 0. The molecule has 1 aromatic rings. The van der Waals surface area contributed by atoms with Crippen LogP contribution in [-0.4, -0.2) is 6.04 Å². The lowest BCUT2D eigenvalue weighted by molar-refractivity contribution is 0.433. The first kappa shape index (κ1) is 14.2. The van der Waals surface area contributed by atoms with Crippen LogP contribution >= 0.6 is 0 Å². The van der Waals surface area contributed by atoms with E-state index in [0.717, 1.165) is 6.42 Å². The van der Waals surface area contributed by atoms with E-state index in [9.17, 15) is 0 Å². The van der Waals surface area contributed by atoms with Crippen LogP contribution in [0.25, 0.3) is 0 Å². The zero-order valence-corrected chi connectivity index (χ0v) is 11.0. The summed E-state index contributed by atoms with van der Waals surface area (Å²) in [6.07, 6.45) is 8.64. The molecule has 0 saturated carbocycles.